The summed E-state index contributed by atoms with van der Waals surface area (Å²) in [5, 5.41) is 4.50. The molecule has 1 saturated heterocycles. The molecule has 1 fully saturated rings. The highest BCUT2D eigenvalue weighted by molar-refractivity contribution is 5.31. The summed E-state index contributed by atoms with van der Waals surface area (Å²) in [4.78, 5) is 2.48. The first kappa shape index (κ1) is 14.3. The lowest BCUT2D eigenvalue weighted by Crippen LogP contribution is -2.47. The van der Waals surface area contributed by atoms with Gasteiger partial charge in [-0.15, -0.1) is 0 Å². The minimum Gasteiger partial charge on any atom is -0.327 e. The quantitative estimate of drug-likeness (QED) is 0.942. The molecule has 3 atom stereocenters. The van der Waals surface area contributed by atoms with E-state index in [-0.39, 0.29) is 0 Å². The number of para-hydroxylation sites is 1. The van der Waals surface area contributed by atoms with Crippen LogP contribution in [0.15, 0.2) is 42.7 Å². The van der Waals surface area contributed by atoms with E-state index < -0.39 is 0 Å². The van der Waals surface area contributed by atoms with Gasteiger partial charge in [0.15, 0.2) is 0 Å². The largest absolute Gasteiger partial charge is 0.327 e. The Morgan fingerprint density at radius 2 is 2.00 bits per heavy atom. The van der Waals surface area contributed by atoms with Gasteiger partial charge in [0.05, 0.1) is 11.9 Å². The normalized spacial score (nSPS) is 24.9. The number of benzene rings is 1. The van der Waals surface area contributed by atoms with Gasteiger partial charge in [-0.2, -0.15) is 5.10 Å². The molecule has 2 N–H and O–H groups in total. The fraction of sp³-hybridized carbons (Fsp3) is 0.471. The fourth-order valence-corrected chi connectivity index (χ4v) is 3.24. The Balaban J connectivity index is 1.76. The number of nitrogens with zero attached hydrogens (tertiary/aromatic N) is 3. The van der Waals surface area contributed by atoms with Crippen molar-refractivity contribution in [3.05, 3.63) is 48.3 Å². The van der Waals surface area contributed by atoms with Gasteiger partial charge in [-0.25, -0.2) is 4.68 Å². The minimum absolute atomic E-state index is 0.292. The van der Waals surface area contributed by atoms with Gasteiger partial charge in [0.1, 0.15) is 0 Å². The van der Waals surface area contributed by atoms with Crippen molar-refractivity contribution in [1.29, 1.82) is 0 Å². The first-order chi connectivity index (χ1) is 10.1. The van der Waals surface area contributed by atoms with E-state index in [1.165, 1.54) is 5.56 Å². The Morgan fingerprint density at radius 3 is 2.71 bits per heavy atom. The van der Waals surface area contributed by atoms with Gasteiger partial charge in [0, 0.05) is 36.9 Å². The third-order valence-electron chi connectivity index (χ3n) is 4.37. The van der Waals surface area contributed by atoms with Crippen molar-refractivity contribution in [3.63, 3.8) is 0 Å². The number of hydrogen-bond acceptors (Lipinski definition) is 3. The van der Waals surface area contributed by atoms with E-state index in [4.69, 9.17) is 5.73 Å². The molecule has 2 aromatic rings. The fourth-order valence-electron chi connectivity index (χ4n) is 3.24. The van der Waals surface area contributed by atoms with Gasteiger partial charge in [-0.3, -0.25) is 4.90 Å². The Morgan fingerprint density at radius 1 is 1.24 bits per heavy atom. The lowest BCUT2D eigenvalue weighted by Gasteiger charge is -2.38. The van der Waals surface area contributed by atoms with E-state index in [2.05, 4.69) is 42.2 Å². The second-order valence-electron chi connectivity index (χ2n) is 6.28. The molecule has 1 aromatic carbocycles. The van der Waals surface area contributed by atoms with E-state index in [9.17, 15) is 0 Å². The van der Waals surface area contributed by atoms with E-state index in [0.29, 0.717) is 18.0 Å². The van der Waals surface area contributed by atoms with Crippen molar-refractivity contribution in [2.75, 3.05) is 13.1 Å². The van der Waals surface area contributed by atoms with Gasteiger partial charge in [-0.1, -0.05) is 25.1 Å². The molecule has 21 heavy (non-hydrogen) atoms. The predicted octanol–water partition coefficient (Wildman–Crippen LogP) is 2.60. The second kappa shape index (κ2) is 6.00. The van der Waals surface area contributed by atoms with Crippen LogP contribution in [0.3, 0.4) is 0 Å². The van der Waals surface area contributed by atoms with Gasteiger partial charge in [0.2, 0.25) is 0 Å². The average Bonchev–Trinajstić information content (AvgIpc) is 2.96. The highest BCUT2D eigenvalue weighted by Gasteiger charge is 2.26. The molecule has 2 heterocycles. The molecule has 0 spiro atoms. The zero-order valence-corrected chi connectivity index (χ0v) is 12.8. The standard InChI is InChI=1S/C17H24N4/c1-13-8-16(18)12-20(10-13)14(2)15-9-19-21(11-15)17-6-4-3-5-7-17/h3-7,9,11,13-14,16H,8,10,12,18H2,1-2H3. The summed E-state index contributed by atoms with van der Waals surface area (Å²) in [5.74, 6) is 0.667. The van der Waals surface area contributed by atoms with Crippen LogP contribution in [-0.2, 0) is 0 Å². The number of nitrogens with two attached hydrogens (primary N) is 1. The summed E-state index contributed by atoms with van der Waals surface area (Å²) in [5.41, 5.74) is 8.51. The number of rotatable bonds is 3. The van der Waals surface area contributed by atoms with Gasteiger partial charge < -0.3 is 5.73 Å². The van der Waals surface area contributed by atoms with Crippen molar-refractivity contribution < 1.29 is 0 Å². The summed E-state index contributed by atoms with van der Waals surface area (Å²) in [6.07, 6.45) is 5.24. The lowest BCUT2D eigenvalue weighted by molar-refractivity contribution is 0.124. The van der Waals surface area contributed by atoms with Crippen molar-refractivity contribution in [3.8, 4) is 5.69 Å². The van der Waals surface area contributed by atoms with E-state index in [1.807, 2.05) is 29.1 Å². The molecule has 112 valence electrons. The zero-order valence-electron chi connectivity index (χ0n) is 12.8. The van der Waals surface area contributed by atoms with E-state index >= 15 is 0 Å². The lowest BCUT2D eigenvalue weighted by atomic mass is 9.94. The predicted molar refractivity (Wildman–Crippen MR) is 85.3 cm³/mol. The van der Waals surface area contributed by atoms with Crippen LogP contribution in [0.4, 0.5) is 0 Å². The first-order valence-electron chi connectivity index (χ1n) is 7.73. The van der Waals surface area contributed by atoms with E-state index in [1.54, 1.807) is 0 Å². The van der Waals surface area contributed by atoms with Crippen LogP contribution < -0.4 is 5.73 Å². The molecule has 3 unspecified atom stereocenters. The van der Waals surface area contributed by atoms with Crippen molar-refractivity contribution in [2.24, 2.45) is 11.7 Å². The van der Waals surface area contributed by atoms with Crippen molar-refractivity contribution in [2.45, 2.75) is 32.4 Å². The van der Waals surface area contributed by atoms with Crippen LogP contribution in [0.1, 0.15) is 31.9 Å². The van der Waals surface area contributed by atoms with Gasteiger partial charge in [-0.05, 0) is 31.4 Å². The van der Waals surface area contributed by atoms with Crippen LogP contribution in [0.25, 0.3) is 5.69 Å². The number of hydrogen-bond donors (Lipinski definition) is 1. The molecular weight excluding hydrogens is 260 g/mol. The molecule has 1 aliphatic heterocycles. The molecule has 0 amide bonds. The second-order valence-corrected chi connectivity index (χ2v) is 6.28. The summed E-state index contributed by atoms with van der Waals surface area (Å²) >= 11 is 0. The Hall–Kier alpha value is -1.65. The van der Waals surface area contributed by atoms with E-state index in [0.717, 1.165) is 25.2 Å². The molecule has 0 aliphatic carbocycles. The maximum absolute atomic E-state index is 6.17. The number of aromatic nitrogens is 2. The average molecular weight is 284 g/mol. The zero-order chi connectivity index (χ0) is 14.8. The molecule has 3 rings (SSSR count). The highest BCUT2D eigenvalue weighted by Crippen LogP contribution is 2.26. The number of likely N-dealkylation sites (tertiary alicyclic amines) is 1. The molecule has 0 bridgehead atoms. The van der Waals surface area contributed by atoms with Crippen LogP contribution in [0.5, 0.6) is 0 Å². The van der Waals surface area contributed by atoms with Crippen LogP contribution in [0.2, 0.25) is 0 Å². The Bertz CT molecular complexity index is 567. The summed E-state index contributed by atoms with van der Waals surface area (Å²) in [6.45, 7) is 6.62. The molecule has 4 nitrogen and oxygen atoms in total. The molecule has 0 radical (unpaired) electrons. The smallest absolute Gasteiger partial charge is 0.0645 e. The van der Waals surface area contributed by atoms with Crippen LogP contribution in [-0.4, -0.2) is 33.8 Å². The monoisotopic (exact) mass is 284 g/mol. The summed E-state index contributed by atoms with van der Waals surface area (Å²) < 4.78 is 1.94. The van der Waals surface area contributed by atoms with Crippen molar-refractivity contribution in [1.82, 2.24) is 14.7 Å². The maximum atomic E-state index is 6.17. The van der Waals surface area contributed by atoms with Crippen molar-refractivity contribution >= 4 is 0 Å². The first-order valence-corrected chi connectivity index (χ1v) is 7.73. The molecule has 1 aliphatic rings. The van der Waals surface area contributed by atoms with Crippen LogP contribution >= 0.6 is 0 Å². The molecule has 4 heteroatoms. The maximum Gasteiger partial charge on any atom is 0.0645 e. The number of piperidine rings is 1. The minimum atomic E-state index is 0.292. The summed E-state index contributed by atoms with van der Waals surface area (Å²) in [7, 11) is 0. The topological polar surface area (TPSA) is 47.1 Å². The third kappa shape index (κ3) is 3.17. The van der Waals surface area contributed by atoms with Crippen LogP contribution in [0, 0.1) is 5.92 Å². The molecule has 0 saturated carbocycles. The SMILES string of the molecule is CC1CC(N)CN(C(C)c2cnn(-c3ccccc3)c2)C1. The third-order valence-corrected chi connectivity index (χ3v) is 4.37. The molecular formula is C17H24N4. The Labute approximate surface area is 126 Å². The molecule has 1 aromatic heterocycles. The summed E-state index contributed by atoms with van der Waals surface area (Å²) in [6, 6.07) is 10.9. The Kier molecular flexibility index (Phi) is 4.08. The highest BCUT2D eigenvalue weighted by atomic mass is 15.3. The van der Waals surface area contributed by atoms with Gasteiger partial charge >= 0.3 is 0 Å². The van der Waals surface area contributed by atoms with Gasteiger partial charge in [0.25, 0.3) is 0 Å².